The minimum Gasteiger partial charge on any atom is -0.468 e. The molecule has 1 saturated heterocycles. The van der Waals surface area contributed by atoms with Crippen molar-refractivity contribution in [3.63, 3.8) is 0 Å². The van der Waals surface area contributed by atoms with Crippen LogP contribution in [0.5, 0.6) is 0 Å². The molecule has 0 saturated carbocycles. The Bertz CT molecular complexity index is 987. The molecule has 3 atom stereocenters. The molecule has 0 spiro atoms. The lowest BCUT2D eigenvalue weighted by atomic mass is 10.1. The molecular formula is C24H27N3O6S3. The maximum Gasteiger partial charge on any atom is 0.328 e. The van der Waals surface area contributed by atoms with Gasteiger partial charge in [0.05, 0.1) is 41.3 Å². The second-order valence-corrected chi connectivity index (χ2v) is 11.0. The van der Waals surface area contributed by atoms with Crippen molar-refractivity contribution in [2.45, 2.75) is 18.1 Å². The van der Waals surface area contributed by atoms with Gasteiger partial charge in [0.25, 0.3) is 0 Å². The Morgan fingerprint density at radius 3 is 1.08 bits per heavy atom. The Morgan fingerprint density at radius 2 is 0.889 bits per heavy atom. The molecule has 0 bridgehead atoms. The molecule has 4 heterocycles. The highest BCUT2D eigenvalue weighted by molar-refractivity contribution is 7.10. The van der Waals surface area contributed by atoms with Crippen LogP contribution in [-0.4, -0.2) is 73.9 Å². The summed E-state index contributed by atoms with van der Waals surface area (Å²) in [6.45, 7) is 0.804. The van der Waals surface area contributed by atoms with Crippen molar-refractivity contribution in [2.24, 2.45) is 0 Å². The molecule has 0 aliphatic carbocycles. The van der Waals surface area contributed by atoms with Crippen LogP contribution in [0.4, 0.5) is 0 Å². The first kappa shape index (κ1) is 26.5. The Hall–Kier alpha value is -2.61. The molecule has 9 nitrogen and oxygen atoms in total. The van der Waals surface area contributed by atoms with Gasteiger partial charge in [0, 0.05) is 14.6 Å². The molecule has 3 aromatic rings. The molecule has 1 fully saturated rings. The third-order valence-electron chi connectivity index (χ3n) is 5.90. The number of methoxy groups -OCH3 is 3. The Morgan fingerprint density at radius 1 is 0.611 bits per heavy atom. The van der Waals surface area contributed by atoms with Crippen LogP contribution in [0, 0.1) is 0 Å². The zero-order valence-corrected chi connectivity index (χ0v) is 22.5. The summed E-state index contributed by atoms with van der Waals surface area (Å²) in [6.07, 6.45) is 0. The van der Waals surface area contributed by atoms with E-state index in [1.165, 1.54) is 55.3 Å². The first-order valence-corrected chi connectivity index (χ1v) is 13.7. The zero-order chi connectivity index (χ0) is 25.7. The van der Waals surface area contributed by atoms with Crippen molar-refractivity contribution in [1.29, 1.82) is 0 Å². The monoisotopic (exact) mass is 549 g/mol. The van der Waals surface area contributed by atoms with Crippen LogP contribution in [0.3, 0.4) is 0 Å². The van der Waals surface area contributed by atoms with E-state index in [-0.39, 0.29) is 20.0 Å². The zero-order valence-electron chi connectivity index (χ0n) is 20.1. The number of esters is 3. The summed E-state index contributed by atoms with van der Waals surface area (Å²) < 4.78 is 15.5. The highest BCUT2D eigenvalue weighted by Crippen LogP contribution is 2.37. The Kier molecular flexibility index (Phi) is 8.88. The van der Waals surface area contributed by atoms with Gasteiger partial charge in [0.2, 0.25) is 0 Å². The fraction of sp³-hybridized carbons (Fsp3) is 0.375. The third kappa shape index (κ3) is 5.53. The average Bonchev–Trinajstić information content (AvgIpc) is 3.68. The summed E-state index contributed by atoms with van der Waals surface area (Å²) in [4.78, 5) is 47.2. The second kappa shape index (κ2) is 12.1. The molecule has 192 valence electrons. The van der Waals surface area contributed by atoms with E-state index in [0.29, 0.717) is 0 Å². The highest BCUT2D eigenvalue weighted by Gasteiger charge is 2.43. The molecule has 0 aromatic carbocycles. The fourth-order valence-electron chi connectivity index (χ4n) is 4.33. The number of hydrogen-bond donors (Lipinski definition) is 0. The van der Waals surface area contributed by atoms with Crippen molar-refractivity contribution in [2.75, 3.05) is 41.3 Å². The lowest BCUT2D eigenvalue weighted by Crippen LogP contribution is -2.59. The molecule has 3 unspecified atom stereocenters. The Labute approximate surface area is 221 Å². The highest BCUT2D eigenvalue weighted by atomic mass is 32.1. The van der Waals surface area contributed by atoms with Crippen LogP contribution in [0.15, 0.2) is 52.5 Å². The number of carbonyl (C=O) groups is 3. The van der Waals surface area contributed by atoms with Gasteiger partial charge in [-0.2, -0.15) is 0 Å². The minimum atomic E-state index is -0.719. The van der Waals surface area contributed by atoms with E-state index in [1.807, 2.05) is 67.2 Å². The van der Waals surface area contributed by atoms with E-state index in [9.17, 15) is 14.4 Å². The molecule has 0 radical (unpaired) electrons. The van der Waals surface area contributed by atoms with E-state index in [0.717, 1.165) is 14.6 Å². The summed E-state index contributed by atoms with van der Waals surface area (Å²) in [6, 6.07) is 9.11. The normalized spacial score (nSPS) is 17.8. The van der Waals surface area contributed by atoms with E-state index >= 15 is 0 Å². The van der Waals surface area contributed by atoms with Gasteiger partial charge in [-0.15, -0.1) is 34.0 Å². The van der Waals surface area contributed by atoms with Crippen LogP contribution in [0.25, 0.3) is 0 Å². The van der Waals surface area contributed by atoms with Gasteiger partial charge in [0.1, 0.15) is 18.1 Å². The number of nitrogens with zero attached hydrogens (tertiary/aromatic N) is 3. The van der Waals surface area contributed by atoms with E-state index in [2.05, 4.69) is 0 Å². The maximum atomic E-state index is 13.0. The first-order valence-electron chi connectivity index (χ1n) is 11.0. The van der Waals surface area contributed by atoms with E-state index < -0.39 is 36.0 Å². The predicted molar refractivity (Wildman–Crippen MR) is 137 cm³/mol. The molecule has 12 heteroatoms. The van der Waals surface area contributed by atoms with Gasteiger partial charge in [0.15, 0.2) is 0 Å². The standard InChI is InChI=1S/C24H27N3O6S3/c1-31-22(28)19(16-7-4-10-34-16)25-13-26(20(23(29)32-2)17-8-5-11-35-17)15-27(14-25)21(24(30)33-3)18-9-6-12-36-18/h4-12,19-21H,13-15H2,1-3H3. The number of thiophene rings is 3. The van der Waals surface area contributed by atoms with E-state index in [4.69, 9.17) is 14.2 Å². The number of carbonyl (C=O) groups excluding carboxylic acids is 3. The van der Waals surface area contributed by atoms with Crippen molar-refractivity contribution in [3.8, 4) is 0 Å². The molecule has 3 aromatic heterocycles. The third-order valence-corrected chi connectivity index (χ3v) is 8.67. The molecule has 1 aliphatic rings. The van der Waals surface area contributed by atoms with Gasteiger partial charge in [-0.05, 0) is 34.3 Å². The summed E-state index contributed by atoms with van der Waals surface area (Å²) in [5.74, 6) is -1.26. The van der Waals surface area contributed by atoms with Gasteiger partial charge >= 0.3 is 17.9 Å². The first-order chi connectivity index (χ1) is 17.5. The van der Waals surface area contributed by atoms with Gasteiger partial charge < -0.3 is 14.2 Å². The molecule has 36 heavy (non-hydrogen) atoms. The molecule has 0 amide bonds. The lowest BCUT2D eigenvalue weighted by molar-refractivity contribution is -0.167. The van der Waals surface area contributed by atoms with Gasteiger partial charge in [-0.25, -0.2) is 14.4 Å². The van der Waals surface area contributed by atoms with Gasteiger partial charge in [-0.1, -0.05) is 18.2 Å². The summed E-state index contributed by atoms with van der Waals surface area (Å²) >= 11 is 4.34. The fourth-order valence-corrected chi connectivity index (χ4v) is 6.87. The van der Waals surface area contributed by atoms with Crippen LogP contribution in [0.2, 0.25) is 0 Å². The number of rotatable bonds is 9. The van der Waals surface area contributed by atoms with Crippen molar-refractivity contribution < 1.29 is 28.6 Å². The molecule has 4 rings (SSSR count). The van der Waals surface area contributed by atoms with Crippen molar-refractivity contribution >= 4 is 51.9 Å². The molecule has 1 aliphatic heterocycles. The molecule has 0 N–H and O–H groups in total. The van der Waals surface area contributed by atoms with Crippen LogP contribution in [0.1, 0.15) is 32.8 Å². The minimum absolute atomic E-state index is 0.268. The van der Waals surface area contributed by atoms with E-state index in [1.54, 1.807) is 0 Å². The summed E-state index contributed by atoms with van der Waals surface area (Å²) in [5, 5.41) is 5.70. The predicted octanol–water partition coefficient (Wildman–Crippen LogP) is 3.71. The molecular weight excluding hydrogens is 522 g/mol. The summed E-state index contributed by atoms with van der Waals surface area (Å²) in [7, 11) is 4.07. The smallest absolute Gasteiger partial charge is 0.328 e. The topological polar surface area (TPSA) is 88.6 Å². The van der Waals surface area contributed by atoms with Crippen molar-refractivity contribution in [1.82, 2.24) is 14.7 Å². The largest absolute Gasteiger partial charge is 0.468 e. The van der Waals surface area contributed by atoms with Crippen LogP contribution in [-0.2, 0) is 28.6 Å². The van der Waals surface area contributed by atoms with Crippen LogP contribution < -0.4 is 0 Å². The number of hydrogen-bond acceptors (Lipinski definition) is 12. The SMILES string of the molecule is COC(=O)C(c1cccs1)N1CN(C(C(=O)OC)c2cccs2)CN(C(C(=O)OC)c2cccs2)C1. The number of ether oxygens (including phenoxy) is 3. The van der Waals surface area contributed by atoms with Crippen molar-refractivity contribution in [3.05, 3.63) is 67.2 Å². The average molecular weight is 550 g/mol. The second-order valence-electron chi connectivity index (χ2n) is 8.01. The lowest BCUT2D eigenvalue weighted by Gasteiger charge is -2.47. The summed E-state index contributed by atoms with van der Waals surface area (Å²) in [5.41, 5.74) is 0. The maximum absolute atomic E-state index is 13.0. The quantitative estimate of drug-likeness (QED) is 0.293. The van der Waals surface area contributed by atoms with Gasteiger partial charge in [-0.3, -0.25) is 14.7 Å². The Balaban J connectivity index is 1.78. The van der Waals surface area contributed by atoms with Crippen LogP contribution >= 0.6 is 34.0 Å².